The Bertz CT molecular complexity index is 397. The molecule has 128 valence electrons. The number of rotatable bonds is 2. The second kappa shape index (κ2) is 7.84. The molecule has 0 heteroatoms. The number of hydrogen-bond donors (Lipinski definition) is 0. The highest BCUT2D eigenvalue weighted by molar-refractivity contribution is 5.28. The minimum atomic E-state index is 0.782. The molecule has 0 spiro atoms. The summed E-state index contributed by atoms with van der Waals surface area (Å²) in [7, 11) is 0. The summed E-state index contributed by atoms with van der Waals surface area (Å²) in [6.07, 6.45) is 2.63. The fraction of sp³-hybridized carbons (Fsp3) is 0.818. The molecule has 0 radical (unpaired) electrons. The van der Waals surface area contributed by atoms with Gasteiger partial charge < -0.3 is 0 Å². The summed E-state index contributed by atoms with van der Waals surface area (Å²) >= 11 is 0. The normalized spacial score (nSPS) is 38.5. The van der Waals surface area contributed by atoms with Gasteiger partial charge in [0.1, 0.15) is 0 Å². The first-order chi connectivity index (χ1) is 10.2. The molecule has 0 amide bonds. The van der Waals surface area contributed by atoms with Crippen molar-refractivity contribution < 1.29 is 0 Å². The molecule has 0 saturated heterocycles. The van der Waals surface area contributed by atoms with Crippen LogP contribution in [0.2, 0.25) is 0 Å². The van der Waals surface area contributed by atoms with Crippen molar-refractivity contribution in [1.29, 1.82) is 0 Å². The van der Waals surface area contributed by atoms with Crippen LogP contribution in [0.4, 0.5) is 0 Å². The second-order valence-corrected chi connectivity index (χ2v) is 8.18. The fourth-order valence-electron chi connectivity index (χ4n) is 4.63. The average molecular weight is 305 g/mol. The quantitative estimate of drug-likeness (QED) is 0.470. The SMILES string of the molecule is CC1=C(C)[C@H](C[C@H]2C(C)=C(C)[C@@H](C)C2C)C(C)C1C.CCC. The Labute approximate surface area is 140 Å². The molecule has 3 unspecified atom stereocenters. The Morgan fingerprint density at radius 2 is 0.864 bits per heavy atom. The monoisotopic (exact) mass is 304 g/mol. The van der Waals surface area contributed by atoms with Crippen molar-refractivity contribution >= 4 is 0 Å². The smallest absolute Gasteiger partial charge is 0.0166 e. The van der Waals surface area contributed by atoms with E-state index < -0.39 is 0 Å². The predicted molar refractivity (Wildman–Crippen MR) is 101 cm³/mol. The standard InChI is InChI=1S/C19H32.C3H8/c1-10-11(2)15(6)18(14(10)5)9-19-16(7)12(3)13(4)17(19)8;1-3-2/h10,12,14,16,18-19H,9H2,1-8H3;3H2,1-2H3/t10-,12?,14?,16?,18-,19-;/m1./s1. The average Bonchev–Trinajstić information content (AvgIpc) is 2.77. The molecule has 0 fully saturated rings. The van der Waals surface area contributed by atoms with E-state index in [-0.39, 0.29) is 0 Å². The van der Waals surface area contributed by atoms with Gasteiger partial charge in [-0.05, 0) is 69.6 Å². The van der Waals surface area contributed by atoms with Gasteiger partial charge in [0.25, 0.3) is 0 Å². The van der Waals surface area contributed by atoms with Crippen molar-refractivity contribution in [3.63, 3.8) is 0 Å². The van der Waals surface area contributed by atoms with E-state index in [9.17, 15) is 0 Å². The Balaban J connectivity index is 0.000000745. The van der Waals surface area contributed by atoms with Gasteiger partial charge in [-0.1, -0.05) is 70.3 Å². The maximum atomic E-state index is 2.46. The molecule has 0 bridgehead atoms. The van der Waals surface area contributed by atoms with Crippen molar-refractivity contribution in [2.75, 3.05) is 0 Å². The lowest BCUT2D eigenvalue weighted by Crippen LogP contribution is -2.20. The van der Waals surface area contributed by atoms with Crippen molar-refractivity contribution in [3.8, 4) is 0 Å². The molecule has 0 saturated carbocycles. The van der Waals surface area contributed by atoms with Gasteiger partial charge in [-0.15, -0.1) is 0 Å². The summed E-state index contributed by atoms with van der Waals surface area (Å²) in [6, 6.07) is 0. The van der Waals surface area contributed by atoms with Gasteiger partial charge >= 0.3 is 0 Å². The first-order valence-corrected chi connectivity index (χ1v) is 9.53. The summed E-state index contributed by atoms with van der Waals surface area (Å²) in [5, 5.41) is 0. The van der Waals surface area contributed by atoms with E-state index in [0.29, 0.717) is 0 Å². The third kappa shape index (κ3) is 3.52. The zero-order chi connectivity index (χ0) is 17.2. The van der Waals surface area contributed by atoms with Crippen molar-refractivity contribution in [3.05, 3.63) is 22.3 Å². The van der Waals surface area contributed by atoms with Crippen LogP contribution in [-0.4, -0.2) is 0 Å². The van der Waals surface area contributed by atoms with Crippen molar-refractivity contribution in [2.45, 2.75) is 82.1 Å². The van der Waals surface area contributed by atoms with Crippen molar-refractivity contribution in [1.82, 2.24) is 0 Å². The summed E-state index contributed by atoms with van der Waals surface area (Å²) in [5.74, 6) is 4.85. The molecule has 0 aromatic heterocycles. The van der Waals surface area contributed by atoms with Crippen LogP contribution in [0.15, 0.2) is 22.3 Å². The third-order valence-corrected chi connectivity index (χ3v) is 7.08. The van der Waals surface area contributed by atoms with Crippen LogP contribution in [0.3, 0.4) is 0 Å². The highest BCUT2D eigenvalue weighted by Gasteiger charge is 2.39. The van der Waals surface area contributed by atoms with Crippen LogP contribution in [0.1, 0.15) is 82.1 Å². The van der Waals surface area contributed by atoms with Crippen LogP contribution in [0.5, 0.6) is 0 Å². The van der Waals surface area contributed by atoms with Gasteiger partial charge in [0.05, 0.1) is 0 Å². The zero-order valence-electron chi connectivity index (χ0n) is 16.9. The number of hydrogen-bond acceptors (Lipinski definition) is 0. The van der Waals surface area contributed by atoms with Gasteiger partial charge in [-0.2, -0.15) is 0 Å². The van der Waals surface area contributed by atoms with E-state index in [1.54, 1.807) is 22.3 Å². The van der Waals surface area contributed by atoms with Crippen LogP contribution in [-0.2, 0) is 0 Å². The lowest BCUT2D eigenvalue weighted by Gasteiger charge is -2.28. The van der Waals surface area contributed by atoms with Crippen LogP contribution in [0, 0.1) is 35.5 Å². The molecule has 0 aromatic carbocycles. The molecule has 0 aromatic rings. The maximum Gasteiger partial charge on any atom is -0.0166 e. The van der Waals surface area contributed by atoms with E-state index in [2.05, 4.69) is 69.2 Å². The maximum absolute atomic E-state index is 2.46. The Morgan fingerprint density at radius 1 is 0.591 bits per heavy atom. The molecule has 0 heterocycles. The molecule has 0 aliphatic heterocycles. The van der Waals surface area contributed by atoms with Gasteiger partial charge in [-0.25, -0.2) is 0 Å². The molecular formula is C22H40. The summed E-state index contributed by atoms with van der Waals surface area (Å²) in [5.41, 5.74) is 6.71. The topological polar surface area (TPSA) is 0 Å². The number of allylic oxidation sites excluding steroid dienone is 4. The zero-order valence-corrected chi connectivity index (χ0v) is 16.9. The van der Waals surface area contributed by atoms with Gasteiger partial charge in [-0.3, -0.25) is 0 Å². The van der Waals surface area contributed by atoms with Crippen LogP contribution in [0.25, 0.3) is 0 Å². The minimum Gasteiger partial charge on any atom is -0.0710 e. The largest absolute Gasteiger partial charge is 0.0710 e. The molecule has 0 nitrogen and oxygen atoms in total. The summed E-state index contributed by atoms with van der Waals surface area (Å²) in [4.78, 5) is 0. The second-order valence-electron chi connectivity index (χ2n) is 8.18. The highest BCUT2D eigenvalue weighted by atomic mass is 14.4. The summed E-state index contributed by atoms with van der Waals surface area (Å²) < 4.78 is 0. The third-order valence-electron chi connectivity index (χ3n) is 7.08. The van der Waals surface area contributed by atoms with Gasteiger partial charge in [0.15, 0.2) is 0 Å². The minimum absolute atomic E-state index is 0.782. The first-order valence-electron chi connectivity index (χ1n) is 9.53. The van der Waals surface area contributed by atoms with E-state index >= 15 is 0 Å². The molecule has 6 atom stereocenters. The highest BCUT2D eigenvalue weighted by Crippen LogP contribution is 2.50. The molecular weight excluding hydrogens is 264 g/mol. The summed E-state index contributed by atoms with van der Waals surface area (Å²) in [6.45, 7) is 23.5. The van der Waals surface area contributed by atoms with E-state index in [4.69, 9.17) is 0 Å². The van der Waals surface area contributed by atoms with Crippen LogP contribution < -0.4 is 0 Å². The van der Waals surface area contributed by atoms with E-state index in [1.165, 1.54) is 12.8 Å². The van der Waals surface area contributed by atoms with Gasteiger partial charge in [0.2, 0.25) is 0 Å². The molecule has 2 aliphatic rings. The van der Waals surface area contributed by atoms with Crippen LogP contribution >= 0.6 is 0 Å². The molecule has 0 N–H and O–H groups in total. The van der Waals surface area contributed by atoms with Gasteiger partial charge in [0, 0.05) is 0 Å². The molecule has 2 aliphatic carbocycles. The molecule has 2 rings (SSSR count). The first kappa shape index (κ1) is 19.5. The lowest BCUT2D eigenvalue weighted by atomic mass is 9.76. The van der Waals surface area contributed by atoms with Crippen molar-refractivity contribution in [2.24, 2.45) is 35.5 Å². The van der Waals surface area contributed by atoms with E-state index in [1.807, 2.05) is 0 Å². The predicted octanol–water partition coefficient (Wildman–Crippen LogP) is 7.27. The Kier molecular flexibility index (Phi) is 6.96. The van der Waals surface area contributed by atoms with E-state index in [0.717, 1.165) is 35.5 Å². The molecule has 22 heavy (non-hydrogen) atoms. The fourth-order valence-corrected chi connectivity index (χ4v) is 4.63. The Morgan fingerprint density at radius 3 is 1.05 bits per heavy atom. The Hall–Kier alpha value is -0.520. The lowest BCUT2D eigenvalue weighted by molar-refractivity contribution is 0.267.